The molecule has 0 aliphatic carbocycles. The fourth-order valence-electron chi connectivity index (χ4n) is 2.80. The molecule has 0 spiro atoms. The second kappa shape index (κ2) is 16.8. The van der Waals surface area contributed by atoms with Crippen LogP contribution in [0.2, 0.25) is 0 Å². The first-order chi connectivity index (χ1) is 19.8. The van der Waals surface area contributed by atoms with Crippen LogP contribution in [0, 0.1) is 0 Å². The largest absolute Gasteiger partial charge is 0.508 e. The molecule has 0 fully saturated rings. The summed E-state index contributed by atoms with van der Waals surface area (Å²) in [5.41, 5.74) is 1.77. The van der Waals surface area contributed by atoms with Crippen LogP contribution in [0.4, 0.5) is 26.3 Å². The van der Waals surface area contributed by atoms with Crippen LogP contribution < -0.4 is 14.9 Å². The van der Waals surface area contributed by atoms with Crippen molar-refractivity contribution in [3.63, 3.8) is 0 Å². The SMILES string of the molecule is OB(O)c1ccc(OC(F)=C(F)F)cc1.Oc1ccc(-c2ccc(OC(F)=C(F)F)cc2)cc1.Oc1ccc(Br)cc1. The molecule has 0 aliphatic heterocycles. The number of halogens is 7. The van der Waals surface area contributed by atoms with Gasteiger partial charge in [-0.1, -0.05) is 52.3 Å². The van der Waals surface area contributed by atoms with Crippen molar-refractivity contribution in [2.75, 3.05) is 0 Å². The Bertz CT molecular complexity index is 1440. The molecule has 0 aromatic heterocycles. The van der Waals surface area contributed by atoms with Gasteiger partial charge < -0.3 is 29.7 Å². The summed E-state index contributed by atoms with van der Waals surface area (Å²) in [5, 5.41) is 35.3. The molecule has 0 heterocycles. The van der Waals surface area contributed by atoms with Crippen molar-refractivity contribution < 1.29 is 56.1 Å². The molecule has 0 saturated heterocycles. The lowest BCUT2D eigenvalue weighted by molar-refractivity contribution is 0.241. The van der Waals surface area contributed by atoms with E-state index in [2.05, 4.69) is 25.4 Å². The summed E-state index contributed by atoms with van der Waals surface area (Å²) in [6.07, 6.45) is -5.05. The van der Waals surface area contributed by atoms with Crippen molar-refractivity contribution in [3.05, 3.63) is 126 Å². The average molecular weight is 657 g/mol. The Morgan fingerprint density at radius 1 is 0.524 bits per heavy atom. The van der Waals surface area contributed by atoms with E-state index in [9.17, 15) is 26.3 Å². The Labute approximate surface area is 244 Å². The van der Waals surface area contributed by atoms with Crippen LogP contribution in [0.5, 0.6) is 23.0 Å². The van der Waals surface area contributed by atoms with Crippen LogP contribution in [0.3, 0.4) is 0 Å². The molecule has 0 bridgehead atoms. The molecular weight excluding hydrogens is 637 g/mol. The lowest BCUT2D eigenvalue weighted by Crippen LogP contribution is -2.29. The number of rotatable bonds is 6. The summed E-state index contributed by atoms with van der Waals surface area (Å²) in [5.74, 6) is 0.264. The van der Waals surface area contributed by atoms with Crippen LogP contribution in [0.15, 0.2) is 126 Å². The molecule has 4 aromatic carbocycles. The smallest absolute Gasteiger partial charge is 0.488 e. The van der Waals surface area contributed by atoms with Crippen LogP contribution in [0.25, 0.3) is 11.1 Å². The van der Waals surface area contributed by atoms with Crippen LogP contribution in [0.1, 0.15) is 0 Å². The zero-order valence-electron chi connectivity index (χ0n) is 21.1. The molecule has 0 atom stereocenters. The van der Waals surface area contributed by atoms with E-state index in [0.717, 1.165) is 27.7 Å². The third-order valence-corrected chi connectivity index (χ3v) is 5.30. The maximum absolute atomic E-state index is 12.6. The highest BCUT2D eigenvalue weighted by molar-refractivity contribution is 9.10. The number of ether oxygens (including phenoxy) is 2. The number of aromatic hydroxyl groups is 2. The summed E-state index contributed by atoms with van der Waals surface area (Å²) < 4.78 is 81.2. The number of phenolic OH excluding ortho intramolecular Hbond substituents is 2. The van der Waals surface area contributed by atoms with E-state index in [-0.39, 0.29) is 22.7 Å². The van der Waals surface area contributed by atoms with E-state index in [1.807, 2.05) is 0 Å². The Morgan fingerprint density at radius 2 is 0.857 bits per heavy atom. The zero-order valence-corrected chi connectivity index (χ0v) is 22.7. The van der Waals surface area contributed by atoms with E-state index in [0.29, 0.717) is 5.75 Å². The Morgan fingerprint density at radius 3 is 1.19 bits per heavy atom. The molecule has 0 aliphatic rings. The van der Waals surface area contributed by atoms with Gasteiger partial charge in [-0.3, -0.25) is 0 Å². The van der Waals surface area contributed by atoms with Crippen molar-refractivity contribution in [2.45, 2.75) is 0 Å². The maximum atomic E-state index is 12.6. The molecule has 0 amide bonds. The topological polar surface area (TPSA) is 99.4 Å². The van der Waals surface area contributed by atoms with E-state index in [1.54, 1.807) is 48.5 Å². The standard InChI is InChI=1S/C14H9F3O2.C8H6BF3O3.C6H5BrO/c15-13(16)14(17)19-12-7-3-10(4-8-12)9-1-5-11(18)6-2-9;10-7(11)8(12)15-6-3-1-5(2-4-6)9(13)14;7-5-1-3-6(8)4-2-5/h1-8,18H;1-4,13-14H;1-4,8H. The highest BCUT2D eigenvalue weighted by atomic mass is 79.9. The minimum atomic E-state index is -2.55. The van der Waals surface area contributed by atoms with Gasteiger partial charge in [0.05, 0.1) is 0 Å². The molecule has 220 valence electrons. The average Bonchev–Trinajstić information content (AvgIpc) is 2.96. The summed E-state index contributed by atoms with van der Waals surface area (Å²) in [6, 6.07) is 20.1. The third-order valence-electron chi connectivity index (χ3n) is 4.77. The molecule has 14 heteroatoms. The van der Waals surface area contributed by atoms with Gasteiger partial charge in [-0.05, 0) is 77.3 Å². The second-order valence-electron chi connectivity index (χ2n) is 7.76. The zero-order chi connectivity index (χ0) is 31.2. The van der Waals surface area contributed by atoms with Gasteiger partial charge in [0.1, 0.15) is 23.0 Å². The van der Waals surface area contributed by atoms with E-state index in [1.165, 1.54) is 36.4 Å². The van der Waals surface area contributed by atoms with Crippen molar-refractivity contribution in [2.24, 2.45) is 0 Å². The van der Waals surface area contributed by atoms with E-state index < -0.39 is 31.3 Å². The molecule has 4 N–H and O–H groups in total. The first-order valence-corrected chi connectivity index (χ1v) is 12.2. The lowest BCUT2D eigenvalue weighted by atomic mass is 9.80. The molecule has 0 radical (unpaired) electrons. The predicted octanol–water partition coefficient (Wildman–Crippen LogP) is 7.41. The van der Waals surface area contributed by atoms with Gasteiger partial charge in [0.25, 0.3) is 0 Å². The predicted molar refractivity (Wildman–Crippen MR) is 148 cm³/mol. The fourth-order valence-corrected chi connectivity index (χ4v) is 3.07. The van der Waals surface area contributed by atoms with E-state index >= 15 is 0 Å². The van der Waals surface area contributed by atoms with E-state index in [4.69, 9.17) is 20.3 Å². The Kier molecular flexibility index (Phi) is 13.5. The van der Waals surface area contributed by atoms with Crippen molar-refractivity contribution in [3.8, 4) is 34.1 Å². The molecule has 42 heavy (non-hydrogen) atoms. The Balaban J connectivity index is 0.000000238. The van der Waals surface area contributed by atoms with Gasteiger partial charge in [-0.15, -0.1) is 0 Å². The minimum absolute atomic E-state index is 0.0205. The minimum Gasteiger partial charge on any atom is -0.508 e. The first kappa shape index (κ1) is 33.8. The maximum Gasteiger partial charge on any atom is 0.488 e. The normalized spacial score (nSPS) is 9.74. The Hall–Kier alpha value is -4.40. The number of benzene rings is 4. The number of hydrogen-bond donors (Lipinski definition) is 4. The van der Waals surface area contributed by atoms with Gasteiger partial charge in [0.2, 0.25) is 0 Å². The van der Waals surface area contributed by atoms with Crippen molar-refractivity contribution >= 4 is 28.5 Å². The van der Waals surface area contributed by atoms with Crippen molar-refractivity contribution in [1.82, 2.24) is 0 Å². The van der Waals surface area contributed by atoms with Crippen LogP contribution in [-0.4, -0.2) is 27.4 Å². The van der Waals surface area contributed by atoms with Gasteiger partial charge in [-0.2, -0.15) is 26.3 Å². The molecular formula is C28H20BBrF6O6. The molecule has 4 rings (SSSR count). The summed E-state index contributed by atoms with van der Waals surface area (Å²) in [4.78, 5) is 0. The quantitative estimate of drug-likeness (QED) is 0.0980. The first-order valence-electron chi connectivity index (χ1n) is 11.4. The van der Waals surface area contributed by atoms with Gasteiger partial charge in [0.15, 0.2) is 0 Å². The number of phenols is 2. The van der Waals surface area contributed by atoms with Gasteiger partial charge in [-0.25, -0.2) is 0 Å². The monoisotopic (exact) mass is 656 g/mol. The summed E-state index contributed by atoms with van der Waals surface area (Å²) in [6.45, 7) is 0. The number of hydrogen-bond acceptors (Lipinski definition) is 6. The summed E-state index contributed by atoms with van der Waals surface area (Å²) in [7, 11) is -1.67. The lowest BCUT2D eigenvalue weighted by Gasteiger charge is -2.05. The van der Waals surface area contributed by atoms with Crippen LogP contribution in [-0.2, 0) is 0 Å². The molecule has 4 aromatic rings. The highest BCUT2D eigenvalue weighted by Crippen LogP contribution is 2.26. The highest BCUT2D eigenvalue weighted by Gasteiger charge is 2.12. The van der Waals surface area contributed by atoms with Gasteiger partial charge >= 0.3 is 31.3 Å². The molecule has 6 nitrogen and oxygen atoms in total. The molecule has 0 saturated carbocycles. The fraction of sp³-hybridized carbons (Fsp3) is 0. The summed E-state index contributed by atoms with van der Waals surface area (Å²) >= 11 is 3.23. The third kappa shape index (κ3) is 12.0. The second-order valence-corrected chi connectivity index (χ2v) is 8.68. The van der Waals surface area contributed by atoms with Crippen LogP contribution >= 0.6 is 15.9 Å². The van der Waals surface area contributed by atoms with Crippen molar-refractivity contribution in [1.29, 1.82) is 0 Å². The molecule has 0 unspecified atom stereocenters. The van der Waals surface area contributed by atoms with Gasteiger partial charge in [0, 0.05) is 4.47 Å².